The highest BCUT2D eigenvalue weighted by Gasteiger charge is 2.48. The minimum absolute atomic E-state index is 0.153. The number of likely N-dealkylation sites (N-methyl/N-ethyl adjacent to an activating group) is 2. The molecule has 138 valence electrons. The van der Waals surface area contributed by atoms with Crippen molar-refractivity contribution in [1.29, 1.82) is 0 Å². The summed E-state index contributed by atoms with van der Waals surface area (Å²) in [6.45, 7) is -1.17. The number of carbonyl (C=O) groups excluding carboxylic acids is 5. The molecule has 9 nitrogen and oxygen atoms in total. The maximum Gasteiger partial charge on any atom is 0.326 e. The normalized spacial score (nSPS) is 22.4. The zero-order valence-electron chi connectivity index (χ0n) is 14.4. The molecule has 2 aliphatic rings. The minimum atomic E-state index is -0.818. The smallest absolute Gasteiger partial charge is 0.326 e. The first-order chi connectivity index (χ1) is 11.8. The quantitative estimate of drug-likeness (QED) is 0.479. The van der Waals surface area contributed by atoms with Crippen molar-refractivity contribution < 1.29 is 28.7 Å². The average molecular weight is 353 g/mol. The van der Waals surface area contributed by atoms with E-state index in [0.29, 0.717) is 12.8 Å². The topological polar surface area (TPSA) is 113 Å². The molecule has 1 N–H and O–H groups in total. The summed E-state index contributed by atoms with van der Waals surface area (Å²) in [6.07, 6.45) is 3.16. The molecule has 2 fully saturated rings. The van der Waals surface area contributed by atoms with E-state index in [4.69, 9.17) is 4.74 Å². The van der Waals surface area contributed by atoms with Crippen molar-refractivity contribution in [3.8, 4) is 0 Å². The Balaban J connectivity index is 1.82. The van der Waals surface area contributed by atoms with Crippen molar-refractivity contribution >= 4 is 29.6 Å². The molecule has 1 heterocycles. The van der Waals surface area contributed by atoms with E-state index in [1.54, 1.807) is 0 Å². The number of esters is 1. The van der Waals surface area contributed by atoms with Crippen LogP contribution in [0.1, 0.15) is 25.7 Å². The predicted molar refractivity (Wildman–Crippen MR) is 84.8 cm³/mol. The van der Waals surface area contributed by atoms with Gasteiger partial charge in [-0.3, -0.25) is 28.9 Å². The van der Waals surface area contributed by atoms with Crippen LogP contribution < -0.4 is 5.32 Å². The van der Waals surface area contributed by atoms with Crippen molar-refractivity contribution in [1.82, 2.24) is 15.1 Å². The molecule has 0 spiro atoms. The molecule has 1 aliphatic carbocycles. The van der Waals surface area contributed by atoms with Gasteiger partial charge in [0.2, 0.25) is 17.7 Å². The van der Waals surface area contributed by atoms with E-state index < -0.39 is 25.0 Å². The highest BCUT2D eigenvalue weighted by molar-refractivity contribution is 6.07. The lowest BCUT2D eigenvalue weighted by atomic mass is 9.81. The van der Waals surface area contributed by atoms with Crippen LogP contribution in [0.15, 0.2) is 0 Å². The second-order valence-corrected chi connectivity index (χ2v) is 6.34. The summed E-state index contributed by atoms with van der Waals surface area (Å²) in [5, 5.41) is 2.38. The van der Waals surface area contributed by atoms with Crippen LogP contribution in [0.4, 0.5) is 0 Å². The number of ether oxygens (including phenoxy) is 1. The fraction of sp³-hybridized carbons (Fsp3) is 0.688. The van der Waals surface area contributed by atoms with E-state index >= 15 is 0 Å². The molecule has 1 saturated heterocycles. The van der Waals surface area contributed by atoms with E-state index in [9.17, 15) is 24.0 Å². The van der Waals surface area contributed by atoms with Gasteiger partial charge < -0.3 is 15.0 Å². The van der Waals surface area contributed by atoms with Crippen LogP contribution in [-0.2, 0) is 28.7 Å². The number of rotatable bonds is 6. The second kappa shape index (κ2) is 8.09. The summed E-state index contributed by atoms with van der Waals surface area (Å²) in [5.74, 6) is -3.02. The van der Waals surface area contributed by atoms with Crippen LogP contribution in [0.25, 0.3) is 0 Å². The molecule has 1 saturated carbocycles. The predicted octanol–water partition coefficient (Wildman–Crippen LogP) is -1.09. The largest absolute Gasteiger partial charge is 0.454 e. The summed E-state index contributed by atoms with van der Waals surface area (Å²) >= 11 is 0. The molecular formula is C16H23N3O6. The van der Waals surface area contributed by atoms with Gasteiger partial charge in [0.1, 0.15) is 6.54 Å². The van der Waals surface area contributed by atoms with Crippen LogP contribution in [0.2, 0.25) is 0 Å². The molecule has 2 rings (SSSR count). The SMILES string of the molecule is CNC(=O)CN(C)C(=O)COC(=O)CN1C(=O)[C@H]2CCCC[C@@H]2C1=O. The molecule has 25 heavy (non-hydrogen) atoms. The highest BCUT2D eigenvalue weighted by Crippen LogP contribution is 2.37. The third kappa shape index (κ3) is 4.34. The molecule has 1 aliphatic heterocycles. The Kier molecular flexibility index (Phi) is 6.11. The van der Waals surface area contributed by atoms with Crippen molar-refractivity contribution in [3.63, 3.8) is 0 Å². The lowest BCUT2D eigenvalue weighted by molar-refractivity contribution is -0.156. The van der Waals surface area contributed by atoms with E-state index in [2.05, 4.69) is 5.32 Å². The third-order valence-electron chi connectivity index (χ3n) is 4.66. The minimum Gasteiger partial charge on any atom is -0.454 e. The first-order valence-electron chi connectivity index (χ1n) is 8.30. The van der Waals surface area contributed by atoms with Crippen LogP contribution in [0.5, 0.6) is 0 Å². The molecule has 9 heteroatoms. The second-order valence-electron chi connectivity index (χ2n) is 6.34. The van der Waals surface area contributed by atoms with Crippen LogP contribution in [0.3, 0.4) is 0 Å². The van der Waals surface area contributed by atoms with E-state index in [1.807, 2.05) is 0 Å². The Hall–Kier alpha value is -2.45. The Labute approximate surface area is 145 Å². The summed E-state index contributed by atoms with van der Waals surface area (Å²) in [6, 6.07) is 0. The zero-order chi connectivity index (χ0) is 18.6. The lowest BCUT2D eigenvalue weighted by Gasteiger charge is -2.19. The maximum atomic E-state index is 12.3. The van der Waals surface area contributed by atoms with Crippen LogP contribution in [0, 0.1) is 11.8 Å². The summed E-state index contributed by atoms with van der Waals surface area (Å²) in [5.41, 5.74) is 0. The van der Waals surface area contributed by atoms with Crippen LogP contribution >= 0.6 is 0 Å². The molecule has 2 atom stereocenters. The van der Waals surface area contributed by atoms with Gasteiger partial charge >= 0.3 is 5.97 Å². The number of fused-ring (bicyclic) bond motifs is 1. The number of imide groups is 1. The first-order valence-corrected chi connectivity index (χ1v) is 8.30. The van der Waals surface area contributed by atoms with Crippen LogP contribution in [-0.4, -0.2) is 73.2 Å². The van der Waals surface area contributed by atoms with E-state index in [0.717, 1.165) is 22.6 Å². The van der Waals surface area contributed by atoms with Crippen molar-refractivity contribution in [3.05, 3.63) is 0 Å². The fourth-order valence-electron chi connectivity index (χ4n) is 3.20. The summed E-state index contributed by atoms with van der Waals surface area (Å²) < 4.78 is 4.84. The molecule has 4 amide bonds. The third-order valence-corrected chi connectivity index (χ3v) is 4.66. The monoisotopic (exact) mass is 353 g/mol. The van der Waals surface area contributed by atoms with E-state index in [1.165, 1.54) is 14.1 Å². The number of likely N-dealkylation sites (tertiary alicyclic amines) is 1. The summed E-state index contributed by atoms with van der Waals surface area (Å²) in [4.78, 5) is 61.5. The van der Waals surface area contributed by atoms with Gasteiger partial charge in [-0.1, -0.05) is 12.8 Å². The summed E-state index contributed by atoms with van der Waals surface area (Å²) in [7, 11) is 2.85. The highest BCUT2D eigenvalue weighted by atomic mass is 16.5. The molecule has 0 radical (unpaired) electrons. The molecule has 0 unspecified atom stereocenters. The van der Waals surface area contributed by atoms with Gasteiger partial charge in [0.15, 0.2) is 6.61 Å². The number of hydrogen-bond donors (Lipinski definition) is 1. The van der Waals surface area contributed by atoms with Gasteiger partial charge in [0, 0.05) is 14.1 Å². The van der Waals surface area contributed by atoms with Gasteiger partial charge in [0.05, 0.1) is 18.4 Å². The fourth-order valence-corrected chi connectivity index (χ4v) is 3.20. The van der Waals surface area contributed by atoms with Gasteiger partial charge in [-0.2, -0.15) is 0 Å². The van der Waals surface area contributed by atoms with Gasteiger partial charge in [-0.25, -0.2) is 0 Å². The number of amides is 4. The zero-order valence-corrected chi connectivity index (χ0v) is 14.4. The van der Waals surface area contributed by atoms with Gasteiger partial charge in [0.25, 0.3) is 5.91 Å². The standard InChI is InChI=1S/C16H23N3O6/c1-17-12(20)7-18(2)13(21)9-25-14(22)8-19-15(23)10-5-3-4-6-11(10)16(19)24/h10-11H,3-9H2,1-2H3,(H,17,20)/t10-,11-/m0/s1. The molecule has 0 aromatic heterocycles. The van der Waals surface area contributed by atoms with Crippen molar-refractivity contribution in [2.24, 2.45) is 11.8 Å². The van der Waals surface area contributed by atoms with E-state index in [-0.39, 0.29) is 36.1 Å². The Bertz CT molecular complexity index is 566. The van der Waals surface area contributed by atoms with Crippen molar-refractivity contribution in [2.45, 2.75) is 25.7 Å². The lowest BCUT2D eigenvalue weighted by Crippen LogP contribution is -2.40. The van der Waals surface area contributed by atoms with Crippen molar-refractivity contribution in [2.75, 3.05) is 33.8 Å². The van der Waals surface area contributed by atoms with Gasteiger partial charge in [-0.05, 0) is 12.8 Å². The Morgan fingerprint density at radius 1 is 1.16 bits per heavy atom. The average Bonchev–Trinajstić information content (AvgIpc) is 2.84. The Morgan fingerprint density at radius 3 is 2.24 bits per heavy atom. The number of nitrogens with zero attached hydrogens (tertiary/aromatic N) is 2. The van der Waals surface area contributed by atoms with Gasteiger partial charge in [-0.15, -0.1) is 0 Å². The Morgan fingerprint density at radius 2 is 1.72 bits per heavy atom. The number of hydrogen-bond acceptors (Lipinski definition) is 6. The first kappa shape index (κ1) is 18.9. The number of nitrogens with one attached hydrogen (secondary N) is 1. The number of carbonyl (C=O) groups is 5. The molecule has 0 aromatic carbocycles. The molecule has 0 aromatic rings. The maximum absolute atomic E-state index is 12.3. The molecule has 0 bridgehead atoms. The molecular weight excluding hydrogens is 330 g/mol.